The Morgan fingerprint density at radius 1 is 0.655 bits per heavy atom. The fourth-order valence-corrected chi connectivity index (χ4v) is 4.56. The van der Waals surface area contributed by atoms with Crippen LogP contribution in [0.4, 0.5) is 26.3 Å². The smallest absolute Gasteiger partial charge is 0.386 e. The first-order valence-corrected chi connectivity index (χ1v) is 8.41. The minimum absolute atomic E-state index is 0.0700. The van der Waals surface area contributed by atoms with Gasteiger partial charge < -0.3 is 4.74 Å². The number of ether oxygens (including phenoxy) is 1. The first-order valence-electron chi connectivity index (χ1n) is 8.41. The summed E-state index contributed by atoms with van der Waals surface area (Å²) in [5, 5.41) is 0. The summed E-state index contributed by atoms with van der Waals surface area (Å²) in [5.74, 6) is -4.14. The molecule has 9 heteroatoms. The van der Waals surface area contributed by atoms with Crippen LogP contribution in [0.3, 0.4) is 0 Å². The van der Waals surface area contributed by atoms with Gasteiger partial charge in [0.2, 0.25) is 0 Å². The maximum absolute atomic E-state index is 13.4. The van der Waals surface area contributed by atoms with Gasteiger partial charge in [0.05, 0.1) is 22.3 Å². The summed E-state index contributed by atoms with van der Waals surface area (Å²) >= 11 is 0. The van der Waals surface area contributed by atoms with Gasteiger partial charge in [0.25, 0.3) is 0 Å². The highest BCUT2D eigenvalue weighted by molar-refractivity contribution is 6.16. The van der Waals surface area contributed by atoms with Crippen molar-refractivity contribution in [3.63, 3.8) is 0 Å². The van der Waals surface area contributed by atoms with Gasteiger partial charge in [-0.05, 0) is 34.4 Å². The van der Waals surface area contributed by atoms with E-state index in [1.165, 1.54) is 0 Å². The molecule has 6 rings (SSSR count). The van der Waals surface area contributed by atoms with Crippen LogP contribution in [-0.2, 0) is 26.7 Å². The Kier molecular flexibility index (Phi) is 3.27. The van der Waals surface area contributed by atoms with Crippen molar-refractivity contribution in [2.75, 3.05) is 0 Å². The van der Waals surface area contributed by atoms with Crippen LogP contribution < -0.4 is 0 Å². The number of benzene rings is 2. The highest BCUT2D eigenvalue weighted by Gasteiger charge is 2.54. The van der Waals surface area contributed by atoms with Gasteiger partial charge in [-0.2, -0.15) is 26.3 Å². The summed E-state index contributed by atoms with van der Waals surface area (Å²) in [6.45, 7) is 0. The van der Waals surface area contributed by atoms with Crippen LogP contribution in [-0.4, -0.2) is 11.9 Å². The molecule has 2 unspecified atom stereocenters. The molecule has 2 aromatic rings. The van der Waals surface area contributed by atoms with Crippen molar-refractivity contribution in [2.45, 2.75) is 24.2 Å². The van der Waals surface area contributed by atoms with E-state index in [2.05, 4.69) is 4.74 Å². The van der Waals surface area contributed by atoms with Crippen molar-refractivity contribution in [2.24, 2.45) is 0 Å². The van der Waals surface area contributed by atoms with Crippen molar-refractivity contribution >= 4 is 11.9 Å². The molecule has 0 N–H and O–H groups in total. The fraction of sp³-hybridized carbons (Fsp3) is 0.200. The number of halogens is 6. The van der Waals surface area contributed by atoms with Crippen LogP contribution in [0.1, 0.15) is 45.2 Å². The molecule has 0 aromatic heterocycles. The third-order valence-electron chi connectivity index (χ3n) is 5.57. The van der Waals surface area contributed by atoms with Gasteiger partial charge in [0, 0.05) is 11.8 Å². The number of hydrogen-bond acceptors (Lipinski definition) is 3. The molecule has 148 valence electrons. The number of rotatable bonds is 0. The predicted octanol–water partition coefficient (Wildman–Crippen LogP) is 4.70. The molecule has 0 amide bonds. The molecular formula is C20H8F6O3. The standard InChI is InChI=1S/C20H8F6O3/c21-19(22,23)11-5-9-10(6-12(11)20(24,25)26)14-8-4-2-1-3-7(8)13(9)15-16(14)18(28)29-17(15)27/h1-6,13-14H. The van der Waals surface area contributed by atoms with Gasteiger partial charge in [0.1, 0.15) is 0 Å². The molecule has 0 saturated carbocycles. The van der Waals surface area contributed by atoms with Crippen LogP contribution in [0, 0.1) is 0 Å². The quantitative estimate of drug-likeness (QED) is 0.360. The number of carbonyl (C=O) groups excluding carboxylic acids is 2. The number of hydrogen-bond donors (Lipinski definition) is 0. The molecule has 0 saturated heterocycles. The monoisotopic (exact) mass is 410 g/mol. The largest absolute Gasteiger partial charge is 0.417 e. The molecule has 2 bridgehead atoms. The van der Waals surface area contributed by atoms with E-state index in [1.807, 2.05) is 0 Å². The number of alkyl halides is 6. The molecule has 1 aliphatic heterocycles. The molecule has 4 aliphatic rings. The maximum atomic E-state index is 13.4. The van der Waals surface area contributed by atoms with Crippen molar-refractivity contribution < 1.29 is 40.7 Å². The SMILES string of the molecule is O=C1OC(=O)C2=C1C1c3ccccc3C2c2cc(C(F)(F)F)c(C(F)(F)F)cc21. The van der Waals surface area contributed by atoms with Crippen molar-refractivity contribution in [3.8, 4) is 0 Å². The van der Waals surface area contributed by atoms with Crippen LogP contribution in [0.5, 0.6) is 0 Å². The van der Waals surface area contributed by atoms with Gasteiger partial charge in [-0.15, -0.1) is 0 Å². The van der Waals surface area contributed by atoms with E-state index in [1.54, 1.807) is 24.3 Å². The van der Waals surface area contributed by atoms with E-state index in [-0.39, 0.29) is 22.3 Å². The average molecular weight is 410 g/mol. The van der Waals surface area contributed by atoms with Crippen LogP contribution in [0.25, 0.3) is 0 Å². The molecule has 0 fully saturated rings. The molecule has 2 aromatic carbocycles. The van der Waals surface area contributed by atoms with E-state index < -0.39 is 47.3 Å². The normalized spacial score (nSPS) is 22.4. The summed E-state index contributed by atoms with van der Waals surface area (Å²) in [5.41, 5.74) is -3.04. The lowest BCUT2D eigenvalue weighted by Crippen LogP contribution is -2.31. The summed E-state index contributed by atoms with van der Waals surface area (Å²) < 4.78 is 85.3. The zero-order chi connectivity index (χ0) is 20.9. The van der Waals surface area contributed by atoms with E-state index in [9.17, 15) is 35.9 Å². The Hall–Kier alpha value is -3.10. The Morgan fingerprint density at radius 2 is 1.03 bits per heavy atom. The van der Waals surface area contributed by atoms with E-state index in [4.69, 9.17) is 0 Å². The lowest BCUT2D eigenvalue weighted by atomic mass is 9.61. The Morgan fingerprint density at radius 3 is 1.38 bits per heavy atom. The van der Waals surface area contributed by atoms with E-state index >= 15 is 0 Å². The molecule has 2 atom stereocenters. The number of esters is 2. The molecule has 3 nitrogen and oxygen atoms in total. The van der Waals surface area contributed by atoms with Gasteiger partial charge >= 0.3 is 24.3 Å². The topological polar surface area (TPSA) is 43.4 Å². The average Bonchev–Trinajstić information content (AvgIpc) is 2.94. The molecule has 0 radical (unpaired) electrons. The summed E-state index contributed by atoms with van der Waals surface area (Å²) in [4.78, 5) is 24.5. The predicted molar refractivity (Wildman–Crippen MR) is 84.7 cm³/mol. The summed E-state index contributed by atoms with van der Waals surface area (Å²) in [7, 11) is 0. The summed E-state index contributed by atoms with van der Waals surface area (Å²) in [6.07, 6.45) is -10.5. The van der Waals surface area contributed by atoms with E-state index in [0.29, 0.717) is 23.3 Å². The molecular weight excluding hydrogens is 402 g/mol. The Labute approximate surface area is 158 Å². The van der Waals surface area contributed by atoms with Crippen molar-refractivity contribution in [1.29, 1.82) is 0 Å². The van der Waals surface area contributed by atoms with Gasteiger partial charge in [-0.25, -0.2) is 9.59 Å². The van der Waals surface area contributed by atoms with Crippen LogP contribution >= 0.6 is 0 Å². The number of carbonyl (C=O) groups is 2. The molecule has 0 spiro atoms. The summed E-state index contributed by atoms with van der Waals surface area (Å²) in [6, 6.07) is 7.28. The Balaban J connectivity index is 1.87. The van der Waals surface area contributed by atoms with Gasteiger partial charge in [0.15, 0.2) is 0 Å². The lowest BCUT2D eigenvalue weighted by molar-refractivity contribution is -0.162. The van der Waals surface area contributed by atoms with Gasteiger partial charge in [-0.1, -0.05) is 24.3 Å². The number of cyclic esters (lactones) is 2. The second-order valence-corrected chi connectivity index (χ2v) is 7.02. The minimum atomic E-state index is -5.25. The third-order valence-corrected chi connectivity index (χ3v) is 5.57. The first-order chi connectivity index (χ1) is 13.5. The zero-order valence-corrected chi connectivity index (χ0v) is 14.1. The first kappa shape index (κ1) is 18.0. The zero-order valence-electron chi connectivity index (χ0n) is 14.1. The molecule has 3 aliphatic carbocycles. The minimum Gasteiger partial charge on any atom is -0.386 e. The fourth-order valence-electron chi connectivity index (χ4n) is 4.56. The van der Waals surface area contributed by atoms with Crippen molar-refractivity contribution in [3.05, 3.63) is 80.9 Å². The van der Waals surface area contributed by atoms with Gasteiger partial charge in [-0.3, -0.25) is 0 Å². The second-order valence-electron chi connectivity index (χ2n) is 7.02. The van der Waals surface area contributed by atoms with E-state index in [0.717, 1.165) is 0 Å². The maximum Gasteiger partial charge on any atom is 0.417 e. The highest BCUT2D eigenvalue weighted by Crippen LogP contribution is 2.59. The van der Waals surface area contributed by atoms with Crippen molar-refractivity contribution in [1.82, 2.24) is 0 Å². The van der Waals surface area contributed by atoms with Crippen LogP contribution in [0.2, 0.25) is 0 Å². The van der Waals surface area contributed by atoms with Crippen LogP contribution in [0.15, 0.2) is 47.5 Å². The third kappa shape index (κ3) is 2.27. The molecule has 29 heavy (non-hydrogen) atoms. The Bertz CT molecular complexity index is 1070. The second kappa shape index (κ2) is 5.28. The lowest BCUT2D eigenvalue weighted by Gasteiger charge is -2.40. The highest BCUT2D eigenvalue weighted by atomic mass is 19.4. The molecule has 1 heterocycles.